The number of nitrogens with one attached hydrogen (secondary N) is 1. The number of rotatable bonds is 4. The number of nitrogens with zero attached hydrogens (tertiary/aromatic N) is 1. The van der Waals surface area contributed by atoms with Crippen LogP contribution < -0.4 is 10.1 Å². The van der Waals surface area contributed by atoms with E-state index in [2.05, 4.69) is 5.32 Å². The molecule has 5 heteroatoms. The van der Waals surface area contributed by atoms with Gasteiger partial charge in [-0.15, -0.1) is 0 Å². The van der Waals surface area contributed by atoms with E-state index in [1.807, 2.05) is 30.7 Å². The number of halogens is 1. The Morgan fingerprint density at radius 1 is 1.35 bits per heavy atom. The van der Waals surface area contributed by atoms with Crippen molar-refractivity contribution in [2.45, 2.75) is 13.5 Å². The standard InChI is InChI=1S/C15H17FN2O2/c1-10-4-6-12(18(10)2)9-17-15(19)11-5-7-14(20-3)13(16)8-11/h4-8H,9H2,1-3H3,(H,17,19). The van der Waals surface area contributed by atoms with Gasteiger partial charge in [-0.3, -0.25) is 4.79 Å². The minimum Gasteiger partial charge on any atom is -0.494 e. The molecule has 1 amide bonds. The van der Waals surface area contributed by atoms with Crippen molar-refractivity contribution in [2.75, 3.05) is 7.11 Å². The molecule has 0 aliphatic carbocycles. The summed E-state index contributed by atoms with van der Waals surface area (Å²) in [5.41, 5.74) is 2.38. The number of amides is 1. The summed E-state index contributed by atoms with van der Waals surface area (Å²) in [5.74, 6) is -0.736. The second kappa shape index (κ2) is 5.77. The van der Waals surface area contributed by atoms with Gasteiger partial charge in [-0.05, 0) is 37.3 Å². The predicted octanol–water partition coefficient (Wildman–Crippen LogP) is 2.41. The number of ether oxygens (including phenoxy) is 1. The van der Waals surface area contributed by atoms with Gasteiger partial charge in [0.15, 0.2) is 11.6 Å². The predicted molar refractivity (Wildman–Crippen MR) is 74.3 cm³/mol. The molecule has 0 fully saturated rings. The third-order valence-corrected chi connectivity index (χ3v) is 3.32. The number of aryl methyl sites for hydroxylation is 1. The molecule has 0 unspecified atom stereocenters. The average Bonchev–Trinajstić information content (AvgIpc) is 2.76. The molecule has 2 aromatic rings. The lowest BCUT2D eigenvalue weighted by molar-refractivity contribution is 0.0949. The van der Waals surface area contributed by atoms with Crippen molar-refractivity contribution in [1.82, 2.24) is 9.88 Å². The Morgan fingerprint density at radius 3 is 2.65 bits per heavy atom. The van der Waals surface area contributed by atoms with Crippen molar-refractivity contribution < 1.29 is 13.9 Å². The highest BCUT2D eigenvalue weighted by atomic mass is 19.1. The largest absolute Gasteiger partial charge is 0.494 e. The fourth-order valence-electron chi connectivity index (χ4n) is 1.92. The fourth-order valence-corrected chi connectivity index (χ4v) is 1.92. The summed E-state index contributed by atoms with van der Waals surface area (Å²) in [7, 11) is 3.32. The van der Waals surface area contributed by atoms with E-state index in [9.17, 15) is 9.18 Å². The van der Waals surface area contributed by atoms with Crippen molar-refractivity contribution in [3.8, 4) is 5.75 Å². The van der Waals surface area contributed by atoms with Gasteiger partial charge in [0.2, 0.25) is 0 Å². The maximum absolute atomic E-state index is 13.5. The van der Waals surface area contributed by atoms with E-state index in [1.54, 1.807) is 0 Å². The first-order chi connectivity index (χ1) is 9.52. The van der Waals surface area contributed by atoms with Crippen molar-refractivity contribution in [3.05, 3.63) is 53.1 Å². The number of hydrogen-bond donors (Lipinski definition) is 1. The van der Waals surface area contributed by atoms with Gasteiger partial charge in [0.25, 0.3) is 5.91 Å². The first kappa shape index (κ1) is 14.1. The first-order valence-corrected chi connectivity index (χ1v) is 6.26. The van der Waals surface area contributed by atoms with Crippen LogP contribution in [0.4, 0.5) is 4.39 Å². The molecule has 1 aromatic heterocycles. The van der Waals surface area contributed by atoms with E-state index < -0.39 is 5.82 Å². The highest BCUT2D eigenvalue weighted by Crippen LogP contribution is 2.17. The van der Waals surface area contributed by atoms with Gasteiger partial charge in [0.05, 0.1) is 13.7 Å². The summed E-state index contributed by atoms with van der Waals surface area (Å²) in [4.78, 5) is 12.0. The lowest BCUT2D eigenvalue weighted by Gasteiger charge is -2.08. The second-order valence-corrected chi connectivity index (χ2v) is 4.56. The molecule has 4 nitrogen and oxygen atoms in total. The summed E-state index contributed by atoms with van der Waals surface area (Å²) in [5, 5.41) is 2.77. The molecule has 0 spiro atoms. The number of hydrogen-bond acceptors (Lipinski definition) is 2. The van der Waals surface area contributed by atoms with E-state index in [4.69, 9.17) is 4.74 Å². The second-order valence-electron chi connectivity index (χ2n) is 4.56. The van der Waals surface area contributed by atoms with E-state index in [0.29, 0.717) is 6.54 Å². The van der Waals surface area contributed by atoms with Gasteiger partial charge < -0.3 is 14.6 Å². The summed E-state index contributed by atoms with van der Waals surface area (Å²) in [6.45, 7) is 2.39. The van der Waals surface area contributed by atoms with Gasteiger partial charge >= 0.3 is 0 Å². The van der Waals surface area contributed by atoms with Crippen LogP contribution in [0.15, 0.2) is 30.3 Å². The highest BCUT2D eigenvalue weighted by molar-refractivity contribution is 5.94. The van der Waals surface area contributed by atoms with Crippen LogP contribution in [-0.4, -0.2) is 17.6 Å². The topological polar surface area (TPSA) is 43.3 Å². The third-order valence-electron chi connectivity index (χ3n) is 3.32. The Morgan fingerprint density at radius 2 is 2.10 bits per heavy atom. The maximum Gasteiger partial charge on any atom is 0.251 e. The van der Waals surface area contributed by atoms with E-state index >= 15 is 0 Å². The van der Waals surface area contributed by atoms with E-state index in [0.717, 1.165) is 11.4 Å². The molecule has 0 bridgehead atoms. The minimum atomic E-state index is -0.546. The van der Waals surface area contributed by atoms with Gasteiger partial charge in [0.1, 0.15) is 0 Å². The molecule has 0 atom stereocenters. The van der Waals surface area contributed by atoms with Crippen LogP contribution in [0.5, 0.6) is 5.75 Å². The van der Waals surface area contributed by atoms with Crippen molar-refractivity contribution in [2.24, 2.45) is 7.05 Å². The maximum atomic E-state index is 13.5. The zero-order valence-corrected chi connectivity index (χ0v) is 11.7. The van der Waals surface area contributed by atoms with Gasteiger partial charge in [-0.1, -0.05) is 0 Å². The van der Waals surface area contributed by atoms with Crippen LogP contribution in [-0.2, 0) is 13.6 Å². The molecule has 1 aromatic carbocycles. The third kappa shape index (κ3) is 2.82. The SMILES string of the molecule is COc1ccc(C(=O)NCc2ccc(C)n2C)cc1F. The number of carbonyl (C=O) groups is 1. The quantitative estimate of drug-likeness (QED) is 0.932. The molecule has 106 valence electrons. The van der Waals surface area contributed by atoms with Gasteiger partial charge in [-0.25, -0.2) is 4.39 Å². The molecular formula is C15H17FN2O2. The Kier molecular flexibility index (Phi) is 4.08. The van der Waals surface area contributed by atoms with Crippen LogP contribution in [0.2, 0.25) is 0 Å². The molecule has 0 saturated heterocycles. The van der Waals surface area contributed by atoms with E-state index in [-0.39, 0.29) is 17.2 Å². The van der Waals surface area contributed by atoms with Crippen molar-refractivity contribution in [3.63, 3.8) is 0 Å². The molecule has 0 aliphatic rings. The molecule has 20 heavy (non-hydrogen) atoms. The highest BCUT2D eigenvalue weighted by Gasteiger charge is 2.10. The zero-order valence-electron chi connectivity index (χ0n) is 11.7. The Balaban J connectivity index is 2.05. The number of carbonyl (C=O) groups excluding carboxylic acids is 1. The Hall–Kier alpha value is -2.30. The van der Waals surface area contributed by atoms with Crippen LogP contribution in [0, 0.1) is 12.7 Å². The Labute approximate surface area is 117 Å². The minimum absolute atomic E-state index is 0.125. The smallest absolute Gasteiger partial charge is 0.251 e. The molecule has 0 aliphatic heterocycles. The fraction of sp³-hybridized carbons (Fsp3) is 0.267. The van der Waals surface area contributed by atoms with Crippen LogP contribution in [0.1, 0.15) is 21.7 Å². The van der Waals surface area contributed by atoms with E-state index in [1.165, 1.54) is 25.3 Å². The molecular weight excluding hydrogens is 259 g/mol. The van der Waals surface area contributed by atoms with Crippen LogP contribution >= 0.6 is 0 Å². The summed E-state index contributed by atoms with van der Waals surface area (Å²) < 4.78 is 20.3. The summed E-state index contributed by atoms with van der Waals surface area (Å²) >= 11 is 0. The normalized spacial score (nSPS) is 10.4. The molecule has 0 saturated carbocycles. The van der Waals surface area contributed by atoms with Crippen LogP contribution in [0.25, 0.3) is 0 Å². The first-order valence-electron chi connectivity index (χ1n) is 6.26. The Bertz CT molecular complexity index is 635. The molecule has 0 radical (unpaired) electrons. The lowest BCUT2D eigenvalue weighted by atomic mass is 10.2. The number of aromatic nitrogens is 1. The summed E-state index contributed by atoms with van der Waals surface area (Å²) in [6.07, 6.45) is 0. The summed E-state index contributed by atoms with van der Waals surface area (Å²) in [6, 6.07) is 8.08. The number of benzene rings is 1. The van der Waals surface area contributed by atoms with Crippen molar-refractivity contribution >= 4 is 5.91 Å². The molecule has 1 N–H and O–H groups in total. The van der Waals surface area contributed by atoms with Gasteiger partial charge in [0, 0.05) is 24.0 Å². The average molecular weight is 276 g/mol. The zero-order chi connectivity index (χ0) is 14.7. The molecule has 2 rings (SSSR count). The lowest BCUT2D eigenvalue weighted by Crippen LogP contribution is -2.24. The number of methoxy groups -OCH3 is 1. The van der Waals surface area contributed by atoms with Crippen LogP contribution in [0.3, 0.4) is 0 Å². The monoisotopic (exact) mass is 276 g/mol. The van der Waals surface area contributed by atoms with Crippen molar-refractivity contribution in [1.29, 1.82) is 0 Å². The van der Waals surface area contributed by atoms with Gasteiger partial charge in [-0.2, -0.15) is 0 Å². The molecule has 1 heterocycles.